The van der Waals surface area contributed by atoms with Crippen LogP contribution in [0.3, 0.4) is 0 Å². The number of ether oxygens (including phenoxy) is 1. The number of hydrazone groups is 1. The maximum absolute atomic E-state index is 13.7. The molecule has 1 aromatic rings. The number of primary amides is 1. The molecule has 13 nitrogen and oxygen atoms in total. The Hall–Kier alpha value is -4.20. The van der Waals surface area contributed by atoms with Gasteiger partial charge in [-0.2, -0.15) is 0 Å². The van der Waals surface area contributed by atoms with E-state index in [9.17, 15) is 23.9 Å². The molecular formula is C42H73FN8O5. The van der Waals surface area contributed by atoms with Gasteiger partial charge in [0.25, 0.3) is 11.8 Å². The molecule has 1 aliphatic heterocycles. The molecule has 2 heterocycles. The number of methoxy groups -OCH3 is 1. The van der Waals surface area contributed by atoms with Crippen LogP contribution in [-0.4, -0.2) is 113 Å². The van der Waals surface area contributed by atoms with Crippen molar-refractivity contribution in [3.63, 3.8) is 0 Å². The average molecular weight is 789 g/mol. The predicted molar refractivity (Wildman–Crippen MR) is 225 cm³/mol. The predicted octanol–water partition coefficient (Wildman–Crippen LogP) is 7.64. The molecule has 3 N–H and O–H groups in total. The number of rotatable bonds is 13. The number of carbonyl (C=O) groups is 3. The van der Waals surface area contributed by atoms with Crippen LogP contribution in [-0.2, 0) is 14.3 Å². The van der Waals surface area contributed by atoms with Gasteiger partial charge >= 0.3 is 0 Å². The summed E-state index contributed by atoms with van der Waals surface area (Å²) in [5.74, 6) is 0.285. The van der Waals surface area contributed by atoms with E-state index in [-0.39, 0.29) is 29.2 Å². The molecule has 1 aromatic heterocycles. The molecule has 0 bridgehead atoms. The number of allylic oxidation sites excluding steroid dienone is 2. The van der Waals surface area contributed by atoms with Crippen molar-refractivity contribution in [2.75, 3.05) is 46.4 Å². The highest BCUT2D eigenvalue weighted by Gasteiger charge is 2.51. The molecule has 318 valence electrons. The molecule has 3 fully saturated rings. The smallest absolute Gasteiger partial charge is 0.289 e. The van der Waals surface area contributed by atoms with E-state index in [1.54, 1.807) is 25.9 Å². The number of hydrogen-bond donors (Lipinski definition) is 2. The second-order valence-electron chi connectivity index (χ2n) is 13.6. The number of nitrogens with two attached hydrogens (primary N) is 1. The third-order valence-corrected chi connectivity index (χ3v) is 9.38. The van der Waals surface area contributed by atoms with Crippen LogP contribution in [0.1, 0.15) is 136 Å². The van der Waals surface area contributed by atoms with E-state index in [4.69, 9.17) is 4.74 Å². The number of carbonyl (C=O) groups excluding carboxylic acids is 3. The number of hydrogen-bond acceptors (Lipinski definition) is 9. The monoisotopic (exact) mass is 789 g/mol. The maximum Gasteiger partial charge on any atom is 0.289 e. The van der Waals surface area contributed by atoms with Crippen LogP contribution >= 0.6 is 0 Å². The standard InChI is InChI=1S/C27H41N7O4.C8H13F.C3H7NO.2C2H6/c1-7-11-21(13-10-18-38-6)25(28-5)31-34(9-3)26(36)22(12-8-2)32-14-16-33(17-15-32)27(37)23-24(35)20(4)29-19-30-23;1-6-2-8(3-6)4-7(9)5-8;1-2-3(4)5;2*1-2/h11-12,19,35H,5,7-10,13-18H2,1-4,6H3;6-7H,2-5H2,1H3;2H2,1H3,(H2,4,5);2*1-2H3/b21-11+,22-12-,31-25-;;;;. The lowest BCUT2D eigenvalue weighted by Gasteiger charge is -2.54. The summed E-state index contributed by atoms with van der Waals surface area (Å²) in [4.78, 5) is 51.8. The van der Waals surface area contributed by atoms with Crippen LogP contribution in [0.2, 0.25) is 0 Å². The van der Waals surface area contributed by atoms with Gasteiger partial charge in [0, 0.05) is 52.9 Å². The topological polar surface area (TPSA) is 167 Å². The second-order valence-corrected chi connectivity index (χ2v) is 13.6. The summed E-state index contributed by atoms with van der Waals surface area (Å²) in [6.07, 6.45) is 12.6. The number of piperazine rings is 1. The highest BCUT2D eigenvalue weighted by Crippen LogP contribution is 2.59. The van der Waals surface area contributed by atoms with Crippen molar-refractivity contribution in [2.24, 2.45) is 27.2 Å². The lowest BCUT2D eigenvalue weighted by molar-refractivity contribution is -0.129. The molecule has 0 atom stereocenters. The van der Waals surface area contributed by atoms with Gasteiger partial charge in [-0.25, -0.2) is 24.4 Å². The number of nitrogens with zero attached hydrogens (tertiary/aromatic N) is 7. The van der Waals surface area contributed by atoms with Crippen molar-refractivity contribution in [2.45, 2.75) is 133 Å². The largest absolute Gasteiger partial charge is 0.504 e. The summed E-state index contributed by atoms with van der Waals surface area (Å²) in [6.45, 7) is 25.8. The van der Waals surface area contributed by atoms with Crippen LogP contribution in [0.5, 0.6) is 5.75 Å². The lowest BCUT2D eigenvalue weighted by atomic mass is 9.51. The van der Waals surface area contributed by atoms with Crippen molar-refractivity contribution >= 4 is 30.3 Å². The van der Waals surface area contributed by atoms with Crippen LogP contribution < -0.4 is 5.73 Å². The Kier molecular flexibility index (Phi) is 26.1. The number of halogens is 1. The van der Waals surface area contributed by atoms with Gasteiger partial charge in [0.2, 0.25) is 5.91 Å². The van der Waals surface area contributed by atoms with Crippen molar-refractivity contribution in [1.29, 1.82) is 0 Å². The third-order valence-electron chi connectivity index (χ3n) is 9.38. The minimum Gasteiger partial charge on any atom is -0.504 e. The number of amidine groups is 1. The normalized spacial score (nSPS) is 20.2. The highest BCUT2D eigenvalue weighted by molar-refractivity contribution is 6.02. The van der Waals surface area contributed by atoms with Crippen molar-refractivity contribution in [3.8, 4) is 5.75 Å². The Bertz CT molecular complexity index is 1410. The summed E-state index contributed by atoms with van der Waals surface area (Å²) >= 11 is 0. The molecular weight excluding hydrogens is 716 g/mol. The van der Waals surface area contributed by atoms with E-state index in [1.807, 2.05) is 59.4 Å². The zero-order valence-electron chi connectivity index (χ0n) is 36.4. The molecule has 0 aromatic carbocycles. The zero-order valence-corrected chi connectivity index (χ0v) is 36.4. The highest BCUT2D eigenvalue weighted by atomic mass is 19.1. The number of aliphatic imine (C=N–C) groups is 1. The van der Waals surface area contributed by atoms with Gasteiger partial charge in [-0.05, 0) is 88.8 Å². The SMILES string of the molecule is C=NC(=N\N(CC)C(=O)/C(=C/CC)N1CCN(C(=O)c2ncnc(C)c2O)CC1)/C(=C/CC)CCCOC.CC.CC.CC1CC2(C1)CC(F)C2.CCC(N)=O. The fourth-order valence-corrected chi connectivity index (χ4v) is 6.76. The fourth-order valence-electron chi connectivity index (χ4n) is 6.76. The van der Waals surface area contributed by atoms with E-state index in [2.05, 4.69) is 45.5 Å². The molecule has 3 aliphatic rings. The first-order chi connectivity index (χ1) is 26.8. The van der Waals surface area contributed by atoms with Crippen molar-refractivity contribution in [3.05, 3.63) is 41.1 Å². The Morgan fingerprint density at radius 3 is 2.02 bits per heavy atom. The van der Waals surface area contributed by atoms with E-state index >= 15 is 0 Å². The van der Waals surface area contributed by atoms with Crippen molar-refractivity contribution < 1.29 is 28.6 Å². The molecule has 1 spiro atoms. The molecule has 2 aliphatic carbocycles. The molecule has 0 radical (unpaired) electrons. The summed E-state index contributed by atoms with van der Waals surface area (Å²) in [5.41, 5.74) is 6.98. The van der Waals surface area contributed by atoms with Gasteiger partial charge in [-0.15, -0.1) is 5.10 Å². The van der Waals surface area contributed by atoms with Crippen molar-refractivity contribution in [1.82, 2.24) is 24.8 Å². The van der Waals surface area contributed by atoms with Gasteiger partial charge in [-0.3, -0.25) is 14.4 Å². The molecule has 2 saturated carbocycles. The van der Waals surface area contributed by atoms with Crippen LogP contribution in [0, 0.1) is 18.3 Å². The Morgan fingerprint density at radius 1 is 1.02 bits per heavy atom. The number of likely N-dealkylation sites (N-methyl/N-ethyl adjacent to an activating group) is 1. The zero-order chi connectivity index (χ0) is 42.8. The molecule has 3 amide bonds. The van der Waals surface area contributed by atoms with Crippen LogP contribution in [0.25, 0.3) is 0 Å². The molecule has 1 saturated heterocycles. The van der Waals surface area contributed by atoms with Gasteiger partial charge < -0.3 is 25.4 Å². The number of aromatic hydroxyl groups is 1. The number of alkyl halides is 1. The molecule has 0 unspecified atom stereocenters. The molecule has 56 heavy (non-hydrogen) atoms. The summed E-state index contributed by atoms with van der Waals surface area (Å²) in [6, 6.07) is 0. The number of amides is 3. The second kappa shape index (κ2) is 28.2. The lowest BCUT2D eigenvalue weighted by Crippen LogP contribution is -2.50. The van der Waals surface area contributed by atoms with Crippen LogP contribution in [0.15, 0.2) is 39.8 Å². The summed E-state index contributed by atoms with van der Waals surface area (Å²) in [5, 5.41) is 16.2. The van der Waals surface area contributed by atoms with Gasteiger partial charge in [0.05, 0.1) is 5.69 Å². The first-order valence-corrected chi connectivity index (χ1v) is 20.5. The first-order valence-electron chi connectivity index (χ1n) is 20.5. The Balaban J connectivity index is 0.00000137. The Morgan fingerprint density at radius 2 is 1.57 bits per heavy atom. The fraction of sp³-hybridized carbons (Fsp3) is 0.690. The average Bonchev–Trinajstić information content (AvgIpc) is 3.19. The Labute approximate surface area is 336 Å². The van der Waals surface area contributed by atoms with Crippen LogP contribution in [0.4, 0.5) is 4.39 Å². The minimum atomic E-state index is -0.447. The number of aromatic nitrogens is 2. The van der Waals surface area contributed by atoms with E-state index < -0.39 is 6.17 Å². The molecule has 14 heteroatoms. The van der Waals surface area contributed by atoms with Gasteiger partial charge in [-0.1, -0.05) is 67.5 Å². The van der Waals surface area contributed by atoms with Gasteiger partial charge in [0.1, 0.15) is 18.2 Å². The van der Waals surface area contributed by atoms with E-state index in [0.29, 0.717) is 74.8 Å². The minimum absolute atomic E-state index is 0.0104. The quantitative estimate of drug-likeness (QED) is 0.0677. The summed E-state index contributed by atoms with van der Waals surface area (Å²) < 4.78 is 17.5. The first kappa shape index (κ1) is 51.8. The molecule has 4 rings (SSSR count). The van der Waals surface area contributed by atoms with Gasteiger partial charge in [0.15, 0.2) is 17.3 Å². The third kappa shape index (κ3) is 16.5. The number of aryl methyl sites for hydroxylation is 1. The summed E-state index contributed by atoms with van der Waals surface area (Å²) in [7, 11) is 1.67. The van der Waals surface area contributed by atoms with E-state index in [0.717, 1.165) is 43.6 Å². The maximum atomic E-state index is 13.7. The van der Waals surface area contributed by atoms with E-state index in [1.165, 1.54) is 24.2 Å².